The molecule has 3 aromatic rings. The highest BCUT2D eigenvalue weighted by molar-refractivity contribution is 8.00. The number of benzene rings is 2. The van der Waals surface area contributed by atoms with E-state index in [4.69, 9.17) is 0 Å². The highest BCUT2D eigenvalue weighted by atomic mass is 32.2. The van der Waals surface area contributed by atoms with Crippen LogP contribution < -0.4 is 5.32 Å². The van der Waals surface area contributed by atoms with Crippen molar-refractivity contribution in [1.82, 2.24) is 15.3 Å². The average Bonchev–Trinajstić information content (AvgIpc) is 3.33. The SMILES string of the molecule is O=C(NC1CC1)C(Sc1nc2cc(F)c(F)cc2[nH]1)c1ccc(F)cc1. The minimum atomic E-state index is -0.984. The molecule has 1 amide bonds. The molecule has 1 fully saturated rings. The first-order valence-electron chi connectivity index (χ1n) is 8.07. The number of fused-ring (bicyclic) bond motifs is 1. The second-order valence-corrected chi connectivity index (χ2v) is 7.25. The van der Waals surface area contributed by atoms with Crippen molar-refractivity contribution in [2.45, 2.75) is 29.3 Å². The van der Waals surface area contributed by atoms with Gasteiger partial charge in [0, 0.05) is 18.2 Å². The monoisotopic (exact) mass is 377 g/mol. The number of aromatic amines is 1. The fourth-order valence-corrected chi connectivity index (χ4v) is 3.58. The van der Waals surface area contributed by atoms with Gasteiger partial charge in [-0.15, -0.1) is 0 Å². The van der Waals surface area contributed by atoms with E-state index < -0.39 is 22.7 Å². The van der Waals surface area contributed by atoms with E-state index in [1.165, 1.54) is 12.1 Å². The largest absolute Gasteiger partial charge is 0.352 e. The van der Waals surface area contributed by atoms with Gasteiger partial charge in [-0.3, -0.25) is 4.79 Å². The molecule has 0 spiro atoms. The number of hydrogen-bond donors (Lipinski definition) is 2. The number of H-pyrrole nitrogens is 1. The van der Waals surface area contributed by atoms with Crippen molar-refractivity contribution in [1.29, 1.82) is 0 Å². The lowest BCUT2D eigenvalue weighted by molar-refractivity contribution is -0.120. The third-order valence-electron chi connectivity index (χ3n) is 4.07. The zero-order valence-corrected chi connectivity index (χ0v) is 14.2. The van der Waals surface area contributed by atoms with Gasteiger partial charge in [0.25, 0.3) is 0 Å². The van der Waals surface area contributed by atoms with Crippen molar-refractivity contribution < 1.29 is 18.0 Å². The number of carbonyl (C=O) groups excluding carboxylic acids is 1. The Morgan fingerprint density at radius 3 is 2.54 bits per heavy atom. The fourth-order valence-electron chi connectivity index (χ4n) is 2.56. The maximum Gasteiger partial charge on any atom is 0.238 e. The van der Waals surface area contributed by atoms with Crippen molar-refractivity contribution >= 4 is 28.7 Å². The maximum absolute atomic E-state index is 13.4. The summed E-state index contributed by atoms with van der Waals surface area (Å²) in [7, 11) is 0. The van der Waals surface area contributed by atoms with Crippen LogP contribution >= 0.6 is 11.8 Å². The van der Waals surface area contributed by atoms with Gasteiger partial charge in [0.05, 0.1) is 11.0 Å². The zero-order valence-electron chi connectivity index (χ0n) is 13.4. The van der Waals surface area contributed by atoms with E-state index in [1.54, 1.807) is 12.1 Å². The van der Waals surface area contributed by atoms with Crippen molar-refractivity contribution in [3.8, 4) is 0 Å². The van der Waals surface area contributed by atoms with Gasteiger partial charge in [0.1, 0.15) is 11.1 Å². The van der Waals surface area contributed by atoms with Gasteiger partial charge < -0.3 is 10.3 Å². The standard InChI is InChI=1S/C18H14F3N3OS/c19-10-3-1-9(2-4-10)16(17(25)22-11-5-6-11)26-18-23-14-7-12(20)13(21)8-15(14)24-18/h1-4,7-8,11,16H,5-6H2,(H,22,25)(H,23,24). The summed E-state index contributed by atoms with van der Waals surface area (Å²) < 4.78 is 40.0. The molecule has 1 aromatic heterocycles. The number of rotatable bonds is 5. The van der Waals surface area contributed by atoms with Crippen LogP contribution in [0.5, 0.6) is 0 Å². The Kier molecular flexibility index (Phi) is 4.36. The molecule has 2 aromatic carbocycles. The number of nitrogens with one attached hydrogen (secondary N) is 2. The Bertz CT molecular complexity index is 931. The second-order valence-electron chi connectivity index (χ2n) is 6.16. The topological polar surface area (TPSA) is 57.8 Å². The molecule has 1 heterocycles. The molecule has 1 atom stereocenters. The van der Waals surface area contributed by atoms with Crippen molar-refractivity contribution in [3.63, 3.8) is 0 Å². The van der Waals surface area contributed by atoms with Crippen LogP contribution in [0.3, 0.4) is 0 Å². The van der Waals surface area contributed by atoms with E-state index >= 15 is 0 Å². The lowest BCUT2D eigenvalue weighted by Crippen LogP contribution is -2.29. The minimum Gasteiger partial charge on any atom is -0.352 e. The van der Waals surface area contributed by atoms with Gasteiger partial charge >= 0.3 is 0 Å². The Balaban J connectivity index is 1.65. The number of thioether (sulfide) groups is 1. The number of halogens is 3. The molecule has 4 nitrogen and oxygen atoms in total. The predicted octanol–water partition coefficient (Wildman–Crippen LogP) is 4.09. The first-order valence-corrected chi connectivity index (χ1v) is 8.95. The summed E-state index contributed by atoms with van der Waals surface area (Å²) in [4.78, 5) is 19.7. The quantitative estimate of drug-likeness (QED) is 0.659. The summed E-state index contributed by atoms with van der Waals surface area (Å²) in [5, 5.41) is 2.62. The number of carbonyl (C=O) groups is 1. The normalized spacial score (nSPS) is 15.2. The Hall–Kier alpha value is -2.48. The van der Waals surface area contributed by atoms with Gasteiger partial charge in [-0.2, -0.15) is 0 Å². The fraction of sp³-hybridized carbons (Fsp3) is 0.222. The van der Waals surface area contributed by atoms with Crippen LogP contribution in [0.25, 0.3) is 11.0 Å². The summed E-state index contributed by atoms with van der Waals surface area (Å²) in [5.41, 5.74) is 1.23. The van der Waals surface area contributed by atoms with E-state index in [0.717, 1.165) is 36.7 Å². The van der Waals surface area contributed by atoms with Gasteiger partial charge in [-0.05, 0) is 30.5 Å². The summed E-state index contributed by atoms with van der Waals surface area (Å²) in [5.74, 6) is -2.56. The lowest BCUT2D eigenvalue weighted by atomic mass is 10.1. The van der Waals surface area contributed by atoms with Crippen LogP contribution in [0.1, 0.15) is 23.7 Å². The van der Waals surface area contributed by atoms with E-state index in [1.807, 2.05) is 0 Å². The Morgan fingerprint density at radius 2 is 1.85 bits per heavy atom. The van der Waals surface area contributed by atoms with E-state index in [-0.39, 0.29) is 17.5 Å². The molecule has 1 aliphatic carbocycles. The second kappa shape index (κ2) is 6.68. The summed E-state index contributed by atoms with van der Waals surface area (Å²) in [6.45, 7) is 0. The number of amides is 1. The molecule has 0 bridgehead atoms. The third kappa shape index (κ3) is 3.55. The van der Waals surface area contributed by atoms with Crippen molar-refractivity contribution in [3.05, 3.63) is 59.4 Å². The van der Waals surface area contributed by atoms with E-state index in [0.29, 0.717) is 16.2 Å². The van der Waals surface area contributed by atoms with Gasteiger partial charge in [-0.1, -0.05) is 23.9 Å². The van der Waals surface area contributed by atoms with Gasteiger partial charge in [0.2, 0.25) is 5.91 Å². The lowest BCUT2D eigenvalue weighted by Gasteiger charge is -2.15. The number of nitrogens with zero attached hydrogens (tertiary/aromatic N) is 1. The first-order chi connectivity index (χ1) is 12.5. The molecule has 0 saturated heterocycles. The molecule has 2 N–H and O–H groups in total. The van der Waals surface area contributed by atoms with Crippen LogP contribution in [0, 0.1) is 17.5 Å². The summed E-state index contributed by atoms with van der Waals surface area (Å²) in [6, 6.07) is 7.86. The first kappa shape index (κ1) is 17.0. The average molecular weight is 377 g/mol. The van der Waals surface area contributed by atoms with E-state index in [2.05, 4.69) is 15.3 Å². The Morgan fingerprint density at radius 1 is 1.15 bits per heavy atom. The molecular formula is C18H14F3N3OS. The molecule has 0 radical (unpaired) electrons. The van der Waals surface area contributed by atoms with Crippen molar-refractivity contribution in [2.75, 3.05) is 0 Å². The van der Waals surface area contributed by atoms with Crippen LogP contribution in [-0.2, 0) is 4.79 Å². The molecule has 4 rings (SSSR count). The summed E-state index contributed by atoms with van der Waals surface area (Å²) in [6.07, 6.45) is 1.88. The minimum absolute atomic E-state index is 0.171. The van der Waals surface area contributed by atoms with Gasteiger partial charge in [-0.25, -0.2) is 18.2 Å². The molecule has 134 valence electrons. The highest BCUT2D eigenvalue weighted by Gasteiger charge is 2.30. The van der Waals surface area contributed by atoms with Gasteiger partial charge in [0.15, 0.2) is 16.8 Å². The van der Waals surface area contributed by atoms with Crippen LogP contribution in [0.2, 0.25) is 0 Å². The maximum atomic E-state index is 13.4. The molecule has 0 aliphatic heterocycles. The molecule has 1 unspecified atom stereocenters. The third-order valence-corrected chi connectivity index (χ3v) is 5.20. The smallest absolute Gasteiger partial charge is 0.238 e. The molecular weight excluding hydrogens is 363 g/mol. The van der Waals surface area contributed by atoms with Crippen LogP contribution in [0.15, 0.2) is 41.6 Å². The number of imidazole rings is 1. The summed E-state index contributed by atoms with van der Waals surface area (Å²) >= 11 is 1.12. The zero-order chi connectivity index (χ0) is 18.3. The predicted molar refractivity (Wildman–Crippen MR) is 92.2 cm³/mol. The Labute approximate surface area is 151 Å². The van der Waals surface area contributed by atoms with E-state index in [9.17, 15) is 18.0 Å². The molecule has 26 heavy (non-hydrogen) atoms. The molecule has 1 saturated carbocycles. The van der Waals surface area contributed by atoms with Crippen LogP contribution in [0.4, 0.5) is 13.2 Å². The molecule has 1 aliphatic rings. The number of hydrogen-bond acceptors (Lipinski definition) is 3. The number of aromatic nitrogens is 2. The molecule has 8 heteroatoms. The van der Waals surface area contributed by atoms with Crippen LogP contribution in [-0.4, -0.2) is 21.9 Å². The van der Waals surface area contributed by atoms with Crippen molar-refractivity contribution in [2.24, 2.45) is 0 Å². The highest BCUT2D eigenvalue weighted by Crippen LogP contribution is 2.36.